The van der Waals surface area contributed by atoms with Crippen LogP contribution in [0.4, 0.5) is 6.01 Å². The zero-order chi connectivity index (χ0) is 27.6. The predicted octanol–water partition coefficient (Wildman–Crippen LogP) is 3.40. The van der Waals surface area contributed by atoms with E-state index >= 15 is 0 Å². The molecule has 0 radical (unpaired) electrons. The van der Waals surface area contributed by atoms with Gasteiger partial charge in [0.15, 0.2) is 0 Å². The van der Waals surface area contributed by atoms with Crippen LogP contribution in [0.25, 0.3) is 11.5 Å². The number of anilines is 1. The van der Waals surface area contributed by atoms with E-state index in [-0.39, 0.29) is 10.9 Å². The van der Waals surface area contributed by atoms with Crippen molar-refractivity contribution >= 4 is 21.9 Å². The minimum Gasteiger partial charge on any atom is -0.403 e. The molecule has 1 N–H and O–H groups in total. The van der Waals surface area contributed by atoms with Crippen LogP contribution >= 0.6 is 0 Å². The van der Waals surface area contributed by atoms with Gasteiger partial charge in [-0.1, -0.05) is 31.1 Å². The normalized spacial score (nSPS) is 21.6. The van der Waals surface area contributed by atoms with E-state index in [2.05, 4.69) is 58.3 Å². The first-order valence-electron chi connectivity index (χ1n) is 13.4. The van der Waals surface area contributed by atoms with Gasteiger partial charge in [-0.05, 0) is 67.3 Å². The number of piperidine rings is 1. The van der Waals surface area contributed by atoms with Crippen LogP contribution < -0.4 is 5.32 Å². The first-order chi connectivity index (χ1) is 18.7. The van der Waals surface area contributed by atoms with Crippen LogP contribution in [0.3, 0.4) is 0 Å². The summed E-state index contributed by atoms with van der Waals surface area (Å²) >= 11 is 0. The third-order valence-corrected chi connectivity index (χ3v) is 9.28. The SMILES string of the molecule is C[C@@H]1C[C@H](C)CN(S(=O)(=O)c2ccc(C(=O)Nc3nnc(-c4ccc(CN5CCN(C)CC5)cc4)o3)cc2)C1. The molecule has 3 aromatic rings. The maximum Gasteiger partial charge on any atom is 0.322 e. The number of amides is 1. The van der Waals surface area contributed by atoms with Gasteiger partial charge in [-0.3, -0.25) is 15.0 Å². The molecular weight excluding hydrogens is 516 g/mol. The lowest BCUT2D eigenvalue weighted by molar-refractivity contribution is 0.102. The molecule has 2 fully saturated rings. The Morgan fingerprint density at radius 1 is 0.949 bits per heavy atom. The quantitative estimate of drug-likeness (QED) is 0.475. The standard InChI is InChI=1S/C28H36N6O4S/c1-20-16-21(2)18-34(17-20)39(36,37)25-10-8-23(9-11-25)26(35)29-28-31-30-27(38-28)24-6-4-22(5-7-24)19-33-14-12-32(3)13-15-33/h4-11,20-21H,12-19H2,1-3H3,(H,29,31,35)/t20-,21+. The molecule has 0 unspecified atom stereocenters. The van der Waals surface area contributed by atoms with E-state index in [1.165, 1.54) is 29.8 Å². The molecule has 2 aliphatic rings. The summed E-state index contributed by atoms with van der Waals surface area (Å²) in [6.45, 7) is 10.3. The van der Waals surface area contributed by atoms with Gasteiger partial charge in [0.1, 0.15) is 0 Å². The van der Waals surface area contributed by atoms with E-state index in [0.717, 1.165) is 44.7 Å². The molecule has 1 amide bonds. The number of hydrogen-bond donors (Lipinski definition) is 1. The van der Waals surface area contributed by atoms with Gasteiger partial charge in [-0.25, -0.2) is 8.42 Å². The van der Waals surface area contributed by atoms with Crippen molar-refractivity contribution in [1.29, 1.82) is 0 Å². The second-order valence-electron chi connectivity index (χ2n) is 10.9. The van der Waals surface area contributed by atoms with Gasteiger partial charge in [-0.2, -0.15) is 4.31 Å². The van der Waals surface area contributed by atoms with E-state index in [1.807, 2.05) is 12.1 Å². The van der Waals surface area contributed by atoms with Crippen LogP contribution in [0, 0.1) is 11.8 Å². The second-order valence-corrected chi connectivity index (χ2v) is 12.9. The van der Waals surface area contributed by atoms with Gasteiger partial charge in [0.05, 0.1) is 4.90 Å². The molecule has 208 valence electrons. The molecule has 2 aromatic carbocycles. The Bertz CT molecular complexity index is 1370. The van der Waals surface area contributed by atoms with E-state index in [9.17, 15) is 13.2 Å². The van der Waals surface area contributed by atoms with Gasteiger partial charge in [-0.15, -0.1) is 5.10 Å². The van der Waals surface area contributed by atoms with Crippen molar-refractivity contribution in [2.45, 2.75) is 31.7 Å². The smallest absolute Gasteiger partial charge is 0.322 e. The molecule has 10 nitrogen and oxygen atoms in total. The third kappa shape index (κ3) is 6.55. The number of nitrogens with zero attached hydrogens (tertiary/aromatic N) is 5. The highest BCUT2D eigenvalue weighted by atomic mass is 32.2. The summed E-state index contributed by atoms with van der Waals surface area (Å²) in [5, 5.41) is 10.6. The number of nitrogens with one attached hydrogen (secondary N) is 1. The summed E-state index contributed by atoms with van der Waals surface area (Å²) in [7, 11) is -1.47. The maximum absolute atomic E-state index is 13.1. The summed E-state index contributed by atoms with van der Waals surface area (Å²) in [5.74, 6) is 0.473. The molecule has 1 aromatic heterocycles. The monoisotopic (exact) mass is 552 g/mol. The number of hydrogen-bond acceptors (Lipinski definition) is 8. The summed E-state index contributed by atoms with van der Waals surface area (Å²) in [6, 6.07) is 13.9. The van der Waals surface area contributed by atoms with Crippen molar-refractivity contribution in [2.75, 3.05) is 51.6 Å². The fourth-order valence-corrected chi connectivity index (χ4v) is 6.99. The topological polar surface area (TPSA) is 112 Å². The van der Waals surface area contributed by atoms with Gasteiger partial charge >= 0.3 is 6.01 Å². The van der Waals surface area contributed by atoms with Gasteiger partial charge in [0.2, 0.25) is 15.9 Å². The highest BCUT2D eigenvalue weighted by Crippen LogP contribution is 2.27. The zero-order valence-electron chi connectivity index (χ0n) is 22.7. The molecule has 2 atom stereocenters. The second kappa shape index (κ2) is 11.5. The molecule has 2 aliphatic heterocycles. The molecule has 0 spiro atoms. The first kappa shape index (κ1) is 27.4. The van der Waals surface area contributed by atoms with Crippen LogP contribution in [0.15, 0.2) is 57.8 Å². The lowest BCUT2D eigenvalue weighted by atomic mass is 9.94. The summed E-state index contributed by atoms with van der Waals surface area (Å²) in [6.07, 6.45) is 1.02. The average Bonchev–Trinajstić information content (AvgIpc) is 3.38. The summed E-state index contributed by atoms with van der Waals surface area (Å²) in [5.41, 5.74) is 2.27. The Kier molecular flexibility index (Phi) is 8.13. The predicted molar refractivity (Wildman–Crippen MR) is 149 cm³/mol. The number of benzene rings is 2. The van der Waals surface area contributed by atoms with Gasteiger partial charge in [0, 0.05) is 56.9 Å². The highest BCUT2D eigenvalue weighted by molar-refractivity contribution is 7.89. The van der Waals surface area contributed by atoms with E-state index < -0.39 is 15.9 Å². The van der Waals surface area contributed by atoms with Crippen LogP contribution in [-0.4, -0.2) is 84.9 Å². The summed E-state index contributed by atoms with van der Waals surface area (Å²) < 4.78 is 33.4. The van der Waals surface area contributed by atoms with Crippen molar-refractivity contribution in [3.63, 3.8) is 0 Å². The molecule has 0 aliphatic carbocycles. The highest BCUT2D eigenvalue weighted by Gasteiger charge is 2.31. The zero-order valence-corrected chi connectivity index (χ0v) is 23.5. The van der Waals surface area contributed by atoms with E-state index in [0.29, 0.717) is 36.4 Å². The third-order valence-electron chi connectivity index (χ3n) is 7.44. The lowest BCUT2D eigenvalue weighted by Gasteiger charge is -2.34. The van der Waals surface area contributed by atoms with Crippen molar-refractivity contribution in [1.82, 2.24) is 24.3 Å². The Morgan fingerprint density at radius 2 is 1.59 bits per heavy atom. The van der Waals surface area contributed by atoms with Gasteiger partial charge < -0.3 is 9.32 Å². The molecular formula is C28H36N6O4S. The maximum atomic E-state index is 13.1. The number of sulfonamides is 1. The number of carbonyl (C=O) groups is 1. The molecule has 0 saturated carbocycles. The fraction of sp³-hybridized carbons (Fsp3) is 0.464. The molecule has 11 heteroatoms. The van der Waals surface area contributed by atoms with Crippen molar-refractivity contribution < 1.29 is 17.6 Å². The molecule has 0 bridgehead atoms. The van der Waals surface area contributed by atoms with E-state index in [4.69, 9.17) is 4.42 Å². The van der Waals surface area contributed by atoms with Gasteiger partial charge in [0.25, 0.3) is 5.91 Å². The molecule has 39 heavy (non-hydrogen) atoms. The van der Waals surface area contributed by atoms with Crippen LogP contribution in [0.1, 0.15) is 36.2 Å². The molecule has 5 rings (SSSR count). The lowest BCUT2D eigenvalue weighted by Crippen LogP contribution is -2.43. The van der Waals surface area contributed by atoms with Crippen molar-refractivity contribution in [3.8, 4) is 11.5 Å². The number of rotatable bonds is 7. The average molecular weight is 553 g/mol. The van der Waals surface area contributed by atoms with Crippen molar-refractivity contribution in [3.05, 3.63) is 59.7 Å². The number of carbonyl (C=O) groups excluding carboxylic acids is 1. The fourth-order valence-electron chi connectivity index (χ4n) is 5.31. The van der Waals surface area contributed by atoms with E-state index in [1.54, 1.807) is 4.31 Å². The molecule has 2 saturated heterocycles. The van der Waals surface area contributed by atoms with Crippen LogP contribution in [-0.2, 0) is 16.6 Å². The van der Waals surface area contributed by atoms with Crippen LogP contribution in [0.5, 0.6) is 0 Å². The first-order valence-corrected chi connectivity index (χ1v) is 14.9. The van der Waals surface area contributed by atoms with Crippen molar-refractivity contribution in [2.24, 2.45) is 11.8 Å². The van der Waals surface area contributed by atoms with Crippen LogP contribution in [0.2, 0.25) is 0 Å². The largest absolute Gasteiger partial charge is 0.403 e. The summed E-state index contributed by atoms with van der Waals surface area (Å²) in [4.78, 5) is 17.7. The Morgan fingerprint density at radius 3 is 2.23 bits per heavy atom. The number of aromatic nitrogens is 2. The number of piperazine rings is 1. The minimum atomic E-state index is -3.61. The molecule has 3 heterocycles. The Balaban J connectivity index is 1.19. The number of likely N-dealkylation sites (N-methyl/N-ethyl adjacent to an activating group) is 1. The Hall–Kier alpha value is -3.12. The minimum absolute atomic E-state index is 0.0236. The Labute approximate surface area is 230 Å².